The molecule has 0 aliphatic rings. The van der Waals surface area contributed by atoms with Gasteiger partial charge in [0.15, 0.2) is 0 Å². The molecule has 0 saturated heterocycles. The second-order valence-electron chi connectivity index (χ2n) is 4.00. The van der Waals surface area contributed by atoms with Gasteiger partial charge in [0.2, 0.25) is 0 Å². The number of nitrogens with one attached hydrogen (secondary N) is 1. The Morgan fingerprint density at radius 1 is 1.42 bits per heavy atom. The summed E-state index contributed by atoms with van der Waals surface area (Å²) >= 11 is 9.49. The molecule has 0 unspecified atom stereocenters. The highest BCUT2D eigenvalue weighted by molar-refractivity contribution is 7.18. The van der Waals surface area contributed by atoms with Gasteiger partial charge in [0.25, 0.3) is 0 Å². The summed E-state index contributed by atoms with van der Waals surface area (Å²) in [6, 6.07) is 6.04. The average molecular weight is 307 g/mol. The lowest BCUT2D eigenvalue weighted by atomic mass is 10.2. The van der Waals surface area contributed by atoms with Crippen molar-refractivity contribution in [3.05, 3.63) is 51.1 Å². The molecule has 3 aromatic heterocycles. The Balaban J connectivity index is 1.98. The maximum Gasteiger partial charge on any atom is 0.131 e. The van der Waals surface area contributed by atoms with E-state index in [1.165, 1.54) is 4.88 Å². The van der Waals surface area contributed by atoms with E-state index >= 15 is 0 Å². The summed E-state index contributed by atoms with van der Waals surface area (Å²) in [6.07, 6.45) is 1.81. The van der Waals surface area contributed by atoms with Crippen LogP contribution in [0.1, 0.15) is 10.4 Å². The first-order valence-corrected chi connectivity index (χ1v) is 7.88. The van der Waals surface area contributed by atoms with Gasteiger partial charge in [0, 0.05) is 28.4 Å². The lowest BCUT2D eigenvalue weighted by molar-refractivity contribution is 1.20. The molecule has 0 radical (unpaired) electrons. The number of thiophene rings is 2. The molecule has 0 aliphatic carbocycles. The van der Waals surface area contributed by atoms with Gasteiger partial charge in [-0.25, -0.2) is 4.98 Å². The van der Waals surface area contributed by atoms with Gasteiger partial charge in [0.1, 0.15) is 5.15 Å². The Morgan fingerprint density at radius 3 is 3.05 bits per heavy atom. The highest BCUT2D eigenvalue weighted by Gasteiger charge is 2.09. The summed E-state index contributed by atoms with van der Waals surface area (Å²) < 4.78 is 1.12. The molecule has 96 valence electrons. The predicted octanol–water partition coefficient (Wildman–Crippen LogP) is 5.27. The second-order valence-corrected chi connectivity index (χ2v) is 6.30. The SMILES string of the molecule is C=Cc1csc2c(NCc3cccs3)cc(Cl)nc12. The van der Waals surface area contributed by atoms with E-state index in [1.807, 2.05) is 12.1 Å². The Hall–Kier alpha value is -1.36. The average Bonchev–Trinajstić information content (AvgIpc) is 3.04. The van der Waals surface area contributed by atoms with Crippen molar-refractivity contribution in [3.63, 3.8) is 0 Å². The molecule has 0 saturated carbocycles. The van der Waals surface area contributed by atoms with Crippen LogP contribution in [0.3, 0.4) is 0 Å². The van der Waals surface area contributed by atoms with Crippen LogP contribution in [-0.4, -0.2) is 4.98 Å². The van der Waals surface area contributed by atoms with Gasteiger partial charge in [-0.15, -0.1) is 22.7 Å². The van der Waals surface area contributed by atoms with E-state index in [0.29, 0.717) is 5.15 Å². The van der Waals surface area contributed by atoms with Crippen LogP contribution >= 0.6 is 34.3 Å². The third kappa shape index (κ3) is 2.52. The molecule has 0 bridgehead atoms. The van der Waals surface area contributed by atoms with E-state index in [2.05, 4.69) is 39.8 Å². The van der Waals surface area contributed by atoms with E-state index in [0.717, 1.165) is 28.0 Å². The molecule has 19 heavy (non-hydrogen) atoms. The van der Waals surface area contributed by atoms with Crippen LogP contribution in [0.25, 0.3) is 16.3 Å². The van der Waals surface area contributed by atoms with Crippen LogP contribution in [0.5, 0.6) is 0 Å². The van der Waals surface area contributed by atoms with Gasteiger partial charge in [-0.2, -0.15) is 0 Å². The molecule has 3 aromatic rings. The molecular formula is C14H11ClN2S2. The number of anilines is 1. The summed E-state index contributed by atoms with van der Waals surface area (Å²) in [7, 11) is 0. The smallest absolute Gasteiger partial charge is 0.131 e. The van der Waals surface area contributed by atoms with E-state index in [1.54, 1.807) is 22.7 Å². The zero-order valence-electron chi connectivity index (χ0n) is 10.0. The number of nitrogens with zero attached hydrogens (tertiary/aromatic N) is 1. The third-order valence-corrected chi connectivity index (χ3v) is 4.86. The van der Waals surface area contributed by atoms with Gasteiger partial charge in [-0.3, -0.25) is 0 Å². The zero-order valence-corrected chi connectivity index (χ0v) is 12.4. The topological polar surface area (TPSA) is 24.9 Å². The molecule has 3 rings (SSSR count). The fourth-order valence-electron chi connectivity index (χ4n) is 1.87. The minimum atomic E-state index is 0.502. The van der Waals surface area contributed by atoms with Gasteiger partial charge < -0.3 is 5.32 Å². The van der Waals surface area contributed by atoms with Crippen LogP contribution in [-0.2, 0) is 6.54 Å². The van der Waals surface area contributed by atoms with Crippen molar-refractivity contribution in [1.82, 2.24) is 4.98 Å². The lowest BCUT2D eigenvalue weighted by Gasteiger charge is -2.07. The standard InChI is InChI=1S/C14H11ClN2S2/c1-2-9-8-19-14-11(6-12(15)17-13(9)14)16-7-10-4-3-5-18-10/h2-6,8H,1,7H2,(H,16,17). The van der Waals surface area contributed by atoms with Crippen LogP contribution < -0.4 is 5.32 Å². The first-order valence-electron chi connectivity index (χ1n) is 5.74. The number of halogens is 1. The normalized spacial score (nSPS) is 10.8. The van der Waals surface area contributed by atoms with Crippen molar-refractivity contribution in [2.75, 3.05) is 5.32 Å². The molecule has 0 spiro atoms. The summed E-state index contributed by atoms with van der Waals surface area (Å²) in [5.41, 5.74) is 2.98. The van der Waals surface area contributed by atoms with E-state index in [9.17, 15) is 0 Å². The van der Waals surface area contributed by atoms with Crippen molar-refractivity contribution >= 4 is 56.3 Å². The van der Waals surface area contributed by atoms with Gasteiger partial charge in [0.05, 0.1) is 15.9 Å². The maximum absolute atomic E-state index is 6.09. The molecule has 0 aromatic carbocycles. The number of hydrogen-bond acceptors (Lipinski definition) is 4. The molecule has 0 atom stereocenters. The fraction of sp³-hybridized carbons (Fsp3) is 0.0714. The van der Waals surface area contributed by atoms with Crippen molar-refractivity contribution < 1.29 is 0 Å². The minimum absolute atomic E-state index is 0.502. The lowest BCUT2D eigenvalue weighted by Crippen LogP contribution is -1.98. The van der Waals surface area contributed by atoms with Crippen LogP contribution in [0.4, 0.5) is 5.69 Å². The van der Waals surface area contributed by atoms with Crippen molar-refractivity contribution in [3.8, 4) is 0 Å². The first kappa shape index (κ1) is 12.7. The molecule has 0 aliphatic heterocycles. The van der Waals surface area contributed by atoms with Gasteiger partial charge in [-0.05, 0) is 11.4 Å². The van der Waals surface area contributed by atoms with Crippen LogP contribution in [0.15, 0.2) is 35.5 Å². The highest BCUT2D eigenvalue weighted by Crippen LogP contribution is 2.33. The second kappa shape index (κ2) is 5.33. The monoisotopic (exact) mass is 306 g/mol. The van der Waals surface area contributed by atoms with Crippen molar-refractivity contribution in [1.29, 1.82) is 0 Å². The largest absolute Gasteiger partial charge is 0.379 e. The Morgan fingerprint density at radius 2 is 2.32 bits per heavy atom. The summed E-state index contributed by atoms with van der Waals surface area (Å²) in [5, 5.41) is 8.06. The minimum Gasteiger partial charge on any atom is -0.379 e. The Kier molecular flexibility index (Phi) is 3.55. The maximum atomic E-state index is 6.09. The molecule has 3 heterocycles. The molecule has 2 nitrogen and oxygen atoms in total. The van der Waals surface area contributed by atoms with Gasteiger partial charge >= 0.3 is 0 Å². The first-order chi connectivity index (χ1) is 9.28. The van der Waals surface area contributed by atoms with Crippen LogP contribution in [0, 0.1) is 0 Å². The van der Waals surface area contributed by atoms with Crippen molar-refractivity contribution in [2.24, 2.45) is 0 Å². The Labute approximate surface area is 124 Å². The Bertz CT molecular complexity index is 716. The van der Waals surface area contributed by atoms with E-state index < -0.39 is 0 Å². The summed E-state index contributed by atoms with van der Waals surface area (Å²) in [6.45, 7) is 4.60. The zero-order chi connectivity index (χ0) is 13.2. The number of fused-ring (bicyclic) bond motifs is 1. The quantitative estimate of drug-likeness (QED) is 0.664. The van der Waals surface area contributed by atoms with Crippen LogP contribution in [0.2, 0.25) is 5.15 Å². The summed E-state index contributed by atoms with van der Waals surface area (Å²) in [5.74, 6) is 0. The summed E-state index contributed by atoms with van der Waals surface area (Å²) in [4.78, 5) is 5.67. The number of aromatic nitrogens is 1. The molecular weight excluding hydrogens is 296 g/mol. The number of hydrogen-bond donors (Lipinski definition) is 1. The van der Waals surface area contributed by atoms with E-state index in [4.69, 9.17) is 11.6 Å². The molecule has 1 N–H and O–H groups in total. The molecule has 0 amide bonds. The highest BCUT2D eigenvalue weighted by atomic mass is 35.5. The predicted molar refractivity (Wildman–Crippen MR) is 86.4 cm³/mol. The third-order valence-electron chi connectivity index (χ3n) is 2.77. The van der Waals surface area contributed by atoms with Gasteiger partial charge in [-0.1, -0.05) is 30.3 Å². The van der Waals surface area contributed by atoms with Crippen molar-refractivity contribution in [2.45, 2.75) is 6.54 Å². The number of rotatable bonds is 4. The molecule has 0 fully saturated rings. The number of pyridine rings is 1. The molecule has 5 heteroatoms. The van der Waals surface area contributed by atoms with E-state index in [-0.39, 0.29) is 0 Å². The fourth-order valence-corrected chi connectivity index (χ4v) is 3.69.